The number of nitrogens with zero attached hydrogens (tertiary/aromatic N) is 6. The van der Waals surface area contributed by atoms with Gasteiger partial charge in [0.05, 0.1) is 16.5 Å². The molecule has 1 amide bonds. The van der Waals surface area contributed by atoms with Crippen molar-refractivity contribution in [1.29, 1.82) is 0 Å². The van der Waals surface area contributed by atoms with Crippen LogP contribution in [0.25, 0.3) is 5.65 Å². The third-order valence-corrected chi connectivity index (χ3v) is 5.47. The molecule has 1 saturated heterocycles. The number of halogens is 2. The highest BCUT2D eigenvalue weighted by atomic mass is 35.5. The molecule has 7 nitrogen and oxygen atoms in total. The molecule has 3 heterocycles. The molecule has 1 aliphatic heterocycles. The zero-order valence-electron chi connectivity index (χ0n) is 14.8. The maximum absolute atomic E-state index is 12.6. The van der Waals surface area contributed by atoms with Gasteiger partial charge >= 0.3 is 0 Å². The van der Waals surface area contributed by atoms with E-state index in [2.05, 4.69) is 20.2 Å². The Morgan fingerprint density at radius 1 is 1.11 bits per heavy atom. The normalized spacial score (nSPS) is 14.8. The summed E-state index contributed by atoms with van der Waals surface area (Å²) < 4.78 is 1.67. The third-order valence-electron chi connectivity index (χ3n) is 4.73. The Morgan fingerprint density at radius 2 is 1.89 bits per heavy atom. The van der Waals surface area contributed by atoms with Crippen molar-refractivity contribution in [1.82, 2.24) is 24.7 Å². The van der Waals surface area contributed by atoms with Gasteiger partial charge in [-0.15, -0.1) is 15.3 Å². The number of hydrogen-bond acceptors (Lipinski definition) is 5. The van der Waals surface area contributed by atoms with Gasteiger partial charge in [0.1, 0.15) is 6.33 Å². The van der Waals surface area contributed by atoms with Crippen LogP contribution >= 0.6 is 23.2 Å². The molecule has 27 heavy (non-hydrogen) atoms. The zero-order valence-corrected chi connectivity index (χ0v) is 16.3. The molecule has 0 aliphatic carbocycles. The number of rotatable bonds is 3. The Hall–Kier alpha value is -2.38. The number of anilines is 1. The Labute approximate surface area is 166 Å². The first-order valence-corrected chi connectivity index (χ1v) is 9.41. The molecule has 140 valence electrons. The average molecular weight is 405 g/mol. The van der Waals surface area contributed by atoms with Crippen molar-refractivity contribution in [3.8, 4) is 0 Å². The number of carbonyl (C=O) groups is 1. The quantitative estimate of drug-likeness (QED) is 0.670. The number of fused-ring (bicyclic) bond motifs is 1. The van der Waals surface area contributed by atoms with E-state index in [9.17, 15) is 4.79 Å². The van der Waals surface area contributed by atoms with Crippen molar-refractivity contribution in [2.24, 2.45) is 0 Å². The van der Waals surface area contributed by atoms with E-state index in [0.29, 0.717) is 29.6 Å². The topological polar surface area (TPSA) is 66.6 Å². The maximum atomic E-state index is 12.6. The standard InChI is InChI=1S/C18H18Cl2N6O/c1-12-8-16-22-21-11-26(16)23-18(12)25-6-4-24(5-7-25)17(27)10-13-2-3-14(19)15(20)9-13/h2-3,8-9,11H,4-7,10H2,1H3. The minimum absolute atomic E-state index is 0.0898. The molecule has 3 aromatic rings. The largest absolute Gasteiger partial charge is 0.351 e. The summed E-state index contributed by atoms with van der Waals surface area (Å²) in [5.74, 6) is 0.992. The first kappa shape index (κ1) is 18.0. The minimum Gasteiger partial charge on any atom is -0.351 e. The summed E-state index contributed by atoms with van der Waals surface area (Å²) in [4.78, 5) is 16.7. The molecular weight excluding hydrogens is 387 g/mol. The minimum atomic E-state index is 0.0898. The number of aryl methyl sites for hydroxylation is 1. The predicted molar refractivity (Wildman–Crippen MR) is 104 cm³/mol. The molecule has 0 saturated carbocycles. The Morgan fingerprint density at radius 3 is 2.63 bits per heavy atom. The molecule has 4 rings (SSSR count). The number of hydrogen-bond donors (Lipinski definition) is 0. The van der Waals surface area contributed by atoms with Crippen LogP contribution < -0.4 is 4.90 Å². The fraction of sp³-hybridized carbons (Fsp3) is 0.333. The van der Waals surface area contributed by atoms with E-state index in [-0.39, 0.29) is 5.91 Å². The van der Waals surface area contributed by atoms with Crippen molar-refractivity contribution in [3.63, 3.8) is 0 Å². The number of aromatic nitrogens is 4. The van der Waals surface area contributed by atoms with E-state index in [1.54, 1.807) is 23.0 Å². The van der Waals surface area contributed by atoms with E-state index >= 15 is 0 Å². The lowest BCUT2D eigenvalue weighted by atomic mass is 10.1. The van der Waals surface area contributed by atoms with Crippen molar-refractivity contribution < 1.29 is 4.79 Å². The van der Waals surface area contributed by atoms with Crippen molar-refractivity contribution in [2.75, 3.05) is 31.1 Å². The van der Waals surface area contributed by atoms with Gasteiger partial charge in [0.2, 0.25) is 5.91 Å². The zero-order chi connectivity index (χ0) is 19.0. The van der Waals surface area contributed by atoms with Crippen LogP contribution in [0.1, 0.15) is 11.1 Å². The van der Waals surface area contributed by atoms with E-state index in [0.717, 1.165) is 35.7 Å². The smallest absolute Gasteiger partial charge is 0.227 e. The summed E-state index contributed by atoms with van der Waals surface area (Å²) in [6.07, 6.45) is 1.91. The molecule has 0 unspecified atom stereocenters. The summed E-state index contributed by atoms with van der Waals surface area (Å²) in [6, 6.07) is 7.28. The molecule has 2 aromatic heterocycles. The van der Waals surface area contributed by atoms with Crippen LogP contribution in [0.3, 0.4) is 0 Å². The fourth-order valence-electron chi connectivity index (χ4n) is 3.27. The van der Waals surface area contributed by atoms with Gasteiger partial charge in [0.15, 0.2) is 11.5 Å². The lowest BCUT2D eigenvalue weighted by Gasteiger charge is -2.36. The molecular formula is C18H18Cl2N6O. The molecule has 1 aromatic carbocycles. The van der Waals surface area contributed by atoms with Gasteiger partial charge < -0.3 is 9.80 Å². The Balaban J connectivity index is 1.41. The molecule has 0 bridgehead atoms. The van der Waals surface area contributed by atoms with Crippen LogP contribution in [0.5, 0.6) is 0 Å². The lowest BCUT2D eigenvalue weighted by Crippen LogP contribution is -2.49. The van der Waals surface area contributed by atoms with Gasteiger partial charge in [0, 0.05) is 26.2 Å². The van der Waals surface area contributed by atoms with Crippen molar-refractivity contribution in [3.05, 3.63) is 51.8 Å². The van der Waals surface area contributed by atoms with Gasteiger partial charge in [-0.2, -0.15) is 4.52 Å². The molecule has 0 spiro atoms. The maximum Gasteiger partial charge on any atom is 0.227 e. The molecule has 1 aliphatic rings. The highest BCUT2D eigenvalue weighted by Gasteiger charge is 2.23. The molecule has 0 N–H and O–H groups in total. The van der Waals surface area contributed by atoms with Crippen LogP contribution in [-0.4, -0.2) is 56.8 Å². The highest BCUT2D eigenvalue weighted by Crippen LogP contribution is 2.23. The monoisotopic (exact) mass is 404 g/mol. The number of piperazine rings is 1. The third kappa shape index (κ3) is 3.70. The van der Waals surface area contributed by atoms with Gasteiger partial charge in [-0.05, 0) is 36.2 Å². The van der Waals surface area contributed by atoms with Crippen LogP contribution in [-0.2, 0) is 11.2 Å². The molecule has 0 atom stereocenters. The first-order chi connectivity index (χ1) is 13.0. The fourth-order valence-corrected chi connectivity index (χ4v) is 3.59. The summed E-state index contributed by atoms with van der Waals surface area (Å²) in [5.41, 5.74) is 2.64. The number of carbonyl (C=O) groups excluding carboxylic acids is 1. The highest BCUT2D eigenvalue weighted by molar-refractivity contribution is 6.42. The number of benzene rings is 1. The summed E-state index contributed by atoms with van der Waals surface area (Å²) in [6.45, 7) is 4.78. The summed E-state index contributed by atoms with van der Waals surface area (Å²) in [7, 11) is 0. The van der Waals surface area contributed by atoms with Crippen LogP contribution in [0.15, 0.2) is 30.6 Å². The second-order valence-corrected chi connectivity index (χ2v) is 7.39. The summed E-state index contributed by atoms with van der Waals surface area (Å²) in [5, 5.41) is 13.5. The Kier molecular flexibility index (Phi) is 4.88. The van der Waals surface area contributed by atoms with Gasteiger partial charge in [0.25, 0.3) is 0 Å². The number of amides is 1. The molecule has 1 fully saturated rings. The Bertz CT molecular complexity index is 997. The van der Waals surface area contributed by atoms with Crippen LogP contribution in [0, 0.1) is 6.92 Å². The van der Waals surface area contributed by atoms with E-state index in [1.807, 2.05) is 24.0 Å². The summed E-state index contributed by atoms with van der Waals surface area (Å²) >= 11 is 12.0. The van der Waals surface area contributed by atoms with Gasteiger partial charge in [-0.25, -0.2) is 0 Å². The van der Waals surface area contributed by atoms with Crippen LogP contribution in [0.4, 0.5) is 5.82 Å². The predicted octanol–water partition coefficient (Wildman–Crippen LogP) is 2.63. The van der Waals surface area contributed by atoms with E-state index in [1.165, 1.54) is 0 Å². The molecule has 9 heteroatoms. The second-order valence-electron chi connectivity index (χ2n) is 6.58. The first-order valence-electron chi connectivity index (χ1n) is 8.65. The SMILES string of the molecule is Cc1cc2nncn2nc1N1CCN(C(=O)Cc2ccc(Cl)c(Cl)c2)CC1. The van der Waals surface area contributed by atoms with Gasteiger partial charge in [-0.3, -0.25) is 4.79 Å². The van der Waals surface area contributed by atoms with E-state index < -0.39 is 0 Å². The molecule has 0 radical (unpaired) electrons. The van der Waals surface area contributed by atoms with Gasteiger partial charge in [-0.1, -0.05) is 29.3 Å². The average Bonchev–Trinajstić information content (AvgIpc) is 3.11. The van der Waals surface area contributed by atoms with Crippen molar-refractivity contribution in [2.45, 2.75) is 13.3 Å². The second kappa shape index (κ2) is 7.32. The lowest BCUT2D eigenvalue weighted by molar-refractivity contribution is -0.130. The van der Waals surface area contributed by atoms with Crippen LogP contribution in [0.2, 0.25) is 10.0 Å². The van der Waals surface area contributed by atoms with E-state index in [4.69, 9.17) is 23.2 Å². The van der Waals surface area contributed by atoms with Crippen molar-refractivity contribution >= 4 is 40.6 Å².